The summed E-state index contributed by atoms with van der Waals surface area (Å²) in [4.78, 5) is 49.6. The van der Waals surface area contributed by atoms with Gasteiger partial charge in [-0.25, -0.2) is 0 Å². The maximum absolute atomic E-state index is 12.3. The molecule has 0 aromatic heterocycles. The van der Waals surface area contributed by atoms with Gasteiger partial charge in [0.1, 0.15) is 6.54 Å². The quantitative estimate of drug-likeness (QED) is 0.458. The van der Waals surface area contributed by atoms with E-state index in [1.54, 1.807) is 24.3 Å². The smallest absolute Gasteiger partial charge is 0.326 e. The molecule has 0 saturated carbocycles. The van der Waals surface area contributed by atoms with Crippen LogP contribution in [0.15, 0.2) is 48.5 Å². The zero-order valence-corrected chi connectivity index (χ0v) is 14.5. The number of ether oxygens (including phenoxy) is 1. The van der Waals surface area contributed by atoms with Gasteiger partial charge >= 0.3 is 5.97 Å². The molecule has 0 radical (unpaired) electrons. The molecule has 26 heavy (non-hydrogen) atoms. The summed E-state index contributed by atoms with van der Waals surface area (Å²) in [6.45, 7) is 0.877. The molecule has 0 bridgehead atoms. The summed E-state index contributed by atoms with van der Waals surface area (Å²) in [6.07, 6.45) is -1.06. The Labute approximate surface area is 154 Å². The second-order valence-electron chi connectivity index (χ2n) is 5.75. The first kappa shape index (κ1) is 17.8. The highest BCUT2D eigenvalue weighted by Gasteiger charge is 2.37. The van der Waals surface area contributed by atoms with Crippen molar-refractivity contribution in [3.63, 3.8) is 0 Å². The summed E-state index contributed by atoms with van der Waals surface area (Å²) in [7, 11) is 0. The Bertz CT molecular complexity index is 871. The summed E-state index contributed by atoms with van der Waals surface area (Å²) in [5.74, 6) is -2.36. The van der Waals surface area contributed by atoms with Crippen LogP contribution in [-0.4, -0.2) is 41.1 Å². The van der Waals surface area contributed by atoms with Gasteiger partial charge in [-0.05, 0) is 43.3 Å². The number of rotatable bonds is 5. The van der Waals surface area contributed by atoms with E-state index in [1.165, 1.54) is 31.2 Å². The van der Waals surface area contributed by atoms with E-state index in [4.69, 9.17) is 16.3 Å². The second-order valence-corrected chi connectivity index (χ2v) is 6.18. The van der Waals surface area contributed by atoms with Crippen molar-refractivity contribution in [3.8, 4) is 0 Å². The van der Waals surface area contributed by atoms with Gasteiger partial charge in [0.15, 0.2) is 6.10 Å². The molecule has 1 atom stereocenters. The molecule has 2 amide bonds. The normalized spacial score (nSPS) is 14.2. The molecule has 3 rings (SSSR count). The van der Waals surface area contributed by atoms with Crippen LogP contribution in [0.3, 0.4) is 0 Å². The van der Waals surface area contributed by atoms with E-state index in [1.807, 2.05) is 0 Å². The third-order valence-corrected chi connectivity index (χ3v) is 4.22. The van der Waals surface area contributed by atoms with E-state index in [0.29, 0.717) is 10.6 Å². The number of halogens is 1. The van der Waals surface area contributed by atoms with E-state index < -0.39 is 36.2 Å². The predicted octanol–water partition coefficient (Wildman–Crippen LogP) is 2.75. The van der Waals surface area contributed by atoms with E-state index in [-0.39, 0.29) is 11.1 Å². The molecule has 0 saturated heterocycles. The van der Waals surface area contributed by atoms with Gasteiger partial charge in [0.25, 0.3) is 11.8 Å². The molecule has 0 aliphatic carbocycles. The van der Waals surface area contributed by atoms with Crippen LogP contribution >= 0.6 is 11.6 Å². The Hall–Kier alpha value is -2.99. The number of esters is 1. The van der Waals surface area contributed by atoms with Crippen molar-refractivity contribution in [3.05, 3.63) is 70.2 Å². The largest absolute Gasteiger partial charge is 0.453 e. The molecule has 0 N–H and O–H groups in total. The van der Waals surface area contributed by atoms with Crippen LogP contribution in [0.25, 0.3) is 0 Å². The van der Waals surface area contributed by atoms with Gasteiger partial charge in [0, 0.05) is 10.6 Å². The maximum Gasteiger partial charge on any atom is 0.326 e. The number of fused-ring (bicyclic) bond motifs is 1. The van der Waals surface area contributed by atoms with Crippen molar-refractivity contribution < 1.29 is 23.9 Å². The number of nitrogens with zero attached hydrogens (tertiary/aromatic N) is 1. The van der Waals surface area contributed by atoms with Crippen molar-refractivity contribution in [2.75, 3.05) is 6.54 Å². The SMILES string of the molecule is C[C@H](OC(=O)CN1C(=O)c2ccccc2C1=O)C(=O)c1ccc(Cl)cc1. The van der Waals surface area contributed by atoms with E-state index in [2.05, 4.69) is 0 Å². The van der Waals surface area contributed by atoms with Crippen LogP contribution in [0.4, 0.5) is 0 Å². The van der Waals surface area contributed by atoms with Crippen molar-refractivity contribution in [2.24, 2.45) is 0 Å². The minimum absolute atomic E-state index is 0.246. The van der Waals surface area contributed by atoms with Gasteiger partial charge in [0.05, 0.1) is 11.1 Å². The Kier molecular flexibility index (Phi) is 4.86. The minimum Gasteiger partial charge on any atom is -0.453 e. The predicted molar refractivity (Wildman–Crippen MR) is 93.1 cm³/mol. The summed E-state index contributed by atoms with van der Waals surface area (Å²) in [5.41, 5.74) is 0.835. The van der Waals surface area contributed by atoms with Gasteiger partial charge in [0.2, 0.25) is 5.78 Å². The lowest BCUT2D eigenvalue weighted by Crippen LogP contribution is -2.37. The molecule has 1 aliphatic heterocycles. The monoisotopic (exact) mass is 371 g/mol. The Morgan fingerprint density at radius 3 is 2.08 bits per heavy atom. The number of hydrogen-bond donors (Lipinski definition) is 0. The average molecular weight is 372 g/mol. The number of imide groups is 1. The number of hydrogen-bond acceptors (Lipinski definition) is 5. The summed E-state index contributed by atoms with van der Waals surface area (Å²) in [6, 6.07) is 12.5. The summed E-state index contributed by atoms with van der Waals surface area (Å²) >= 11 is 5.78. The second kappa shape index (κ2) is 7.09. The van der Waals surface area contributed by atoms with Gasteiger partial charge < -0.3 is 4.74 Å². The molecule has 0 fully saturated rings. The maximum atomic E-state index is 12.3. The molecule has 0 spiro atoms. The number of carbonyl (C=O) groups excluding carboxylic acids is 4. The van der Waals surface area contributed by atoms with Crippen molar-refractivity contribution in [1.29, 1.82) is 0 Å². The van der Waals surface area contributed by atoms with Crippen molar-refractivity contribution in [2.45, 2.75) is 13.0 Å². The topological polar surface area (TPSA) is 80.8 Å². The van der Waals surface area contributed by atoms with Gasteiger partial charge in [-0.1, -0.05) is 23.7 Å². The van der Waals surface area contributed by atoms with E-state index in [9.17, 15) is 19.2 Å². The number of benzene rings is 2. The van der Waals surface area contributed by atoms with E-state index in [0.717, 1.165) is 4.90 Å². The molecule has 132 valence electrons. The molecule has 2 aromatic carbocycles. The molecule has 2 aromatic rings. The fourth-order valence-corrected chi connectivity index (χ4v) is 2.77. The lowest BCUT2D eigenvalue weighted by atomic mass is 10.1. The van der Waals surface area contributed by atoms with Crippen LogP contribution in [0.5, 0.6) is 0 Å². The lowest BCUT2D eigenvalue weighted by molar-refractivity contribution is -0.146. The third kappa shape index (κ3) is 3.36. The van der Waals surface area contributed by atoms with E-state index >= 15 is 0 Å². The Morgan fingerprint density at radius 1 is 1.00 bits per heavy atom. The molecule has 1 heterocycles. The zero-order valence-electron chi connectivity index (χ0n) is 13.8. The van der Waals surface area contributed by atoms with Crippen LogP contribution in [0.2, 0.25) is 5.02 Å². The standard InChI is InChI=1S/C19H14ClNO5/c1-11(17(23)12-6-8-13(20)9-7-12)26-16(22)10-21-18(24)14-4-2-3-5-15(14)19(21)25/h2-9,11H,10H2,1H3/t11-/m0/s1. The third-order valence-electron chi connectivity index (χ3n) is 3.97. The Morgan fingerprint density at radius 2 is 1.54 bits per heavy atom. The van der Waals surface area contributed by atoms with Crippen molar-refractivity contribution in [1.82, 2.24) is 4.90 Å². The van der Waals surface area contributed by atoms with Crippen LogP contribution in [-0.2, 0) is 9.53 Å². The van der Waals surface area contributed by atoms with Gasteiger partial charge in [-0.2, -0.15) is 0 Å². The van der Waals surface area contributed by atoms with Gasteiger partial charge in [-0.3, -0.25) is 24.1 Å². The summed E-state index contributed by atoms with van der Waals surface area (Å²) < 4.78 is 5.09. The fraction of sp³-hybridized carbons (Fsp3) is 0.158. The molecule has 1 aliphatic rings. The molecule has 7 heteroatoms. The zero-order chi connectivity index (χ0) is 18.8. The average Bonchev–Trinajstić information content (AvgIpc) is 2.87. The van der Waals surface area contributed by atoms with Crippen LogP contribution < -0.4 is 0 Å². The molecule has 6 nitrogen and oxygen atoms in total. The number of amides is 2. The van der Waals surface area contributed by atoms with Gasteiger partial charge in [-0.15, -0.1) is 0 Å². The lowest BCUT2D eigenvalue weighted by Gasteiger charge is -2.16. The number of Topliss-reactive ketones (excluding diaryl/α,β-unsaturated/α-hetero) is 1. The highest BCUT2D eigenvalue weighted by Crippen LogP contribution is 2.22. The minimum atomic E-state index is -1.06. The molecule has 0 unspecified atom stereocenters. The fourth-order valence-electron chi connectivity index (χ4n) is 2.65. The van der Waals surface area contributed by atoms with Crippen LogP contribution in [0.1, 0.15) is 38.0 Å². The first-order valence-corrected chi connectivity index (χ1v) is 8.21. The number of ketones is 1. The number of carbonyl (C=O) groups is 4. The molecular formula is C19H14ClNO5. The summed E-state index contributed by atoms with van der Waals surface area (Å²) in [5, 5.41) is 0.483. The highest BCUT2D eigenvalue weighted by molar-refractivity contribution is 6.30. The first-order valence-electron chi connectivity index (χ1n) is 7.83. The van der Waals surface area contributed by atoms with Crippen LogP contribution in [0, 0.1) is 0 Å². The van der Waals surface area contributed by atoms with Crippen molar-refractivity contribution >= 4 is 35.2 Å². The first-order chi connectivity index (χ1) is 12.4. The molecular weight excluding hydrogens is 358 g/mol. The highest BCUT2D eigenvalue weighted by atomic mass is 35.5. The Balaban J connectivity index is 1.64.